The lowest BCUT2D eigenvalue weighted by atomic mass is 9.98. The molecule has 0 amide bonds. The minimum Gasteiger partial charge on any atom is -0.497 e. The van der Waals surface area contributed by atoms with Crippen molar-refractivity contribution in [2.75, 3.05) is 26.1 Å². The SMILES string of the molecule is COc1ccc([C@H](O)[P@](=O)(OC2CCCCC2)c2ccc(N(C)C)cc2)cc1. The Bertz CT molecular complexity index is 798. The van der Waals surface area contributed by atoms with E-state index in [-0.39, 0.29) is 6.10 Å². The van der Waals surface area contributed by atoms with Crippen LogP contribution in [0.15, 0.2) is 48.5 Å². The molecular weight excluding hydrogens is 373 g/mol. The lowest BCUT2D eigenvalue weighted by molar-refractivity contribution is 0.137. The molecule has 3 rings (SSSR count). The second-order valence-electron chi connectivity index (χ2n) is 7.52. The van der Waals surface area contributed by atoms with Gasteiger partial charge in [0.2, 0.25) is 0 Å². The first-order valence-corrected chi connectivity index (χ1v) is 11.5. The highest BCUT2D eigenvalue weighted by molar-refractivity contribution is 7.67. The minimum absolute atomic E-state index is 0.0824. The number of ether oxygens (including phenoxy) is 1. The largest absolute Gasteiger partial charge is 0.497 e. The van der Waals surface area contributed by atoms with Crippen molar-refractivity contribution in [3.63, 3.8) is 0 Å². The Balaban J connectivity index is 1.95. The van der Waals surface area contributed by atoms with Gasteiger partial charge in [-0.2, -0.15) is 0 Å². The summed E-state index contributed by atoms with van der Waals surface area (Å²) in [7, 11) is 1.98. The minimum atomic E-state index is -3.53. The van der Waals surface area contributed by atoms with Gasteiger partial charge in [-0.3, -0.25) is 4.57 Å². The average molecular weight is 403 g/mol. The fourth-order valence-corrected chi connectivity index (χ4v) is 5.88. The van der Waals surface area contributed by atoms with Crippen LogP contribution < -0.4 is 14.9 Å². The molecule has 0 aliphatic heterocycles. The van der Waals surface area contributed by atoms with Crippen LogP contribution in [-0.2, 0) is 9.09 Å². The van der Waals surface area contributed by atoms with Crippen molar-refractivity contribution in [3.8, 4) is 5.75 Å². The summed E-state index contributed by atoms with van der Waals surface area (Å²) in [6.45, 7) is 0. The van der Waals surface area contributed by atoms with Gasteiger partial charge < -0.3 is 19.3 Å². The van der Waals surface area contributed by atoms with Gasteiger partial charge in [0.25, 0.3) is 7.37 Å². The summed E-state index contributed by atoms with van der Waals surface area (Å²) in [5, 5.41) is 11.7. The maximum absolute atomic E-state index is 14.1. The third-order valence-corrected chi connectivity index (χ3v) is 7.89. The van der Waals surface area contributed by atoms with Crippen LogP contribution in [-0.4, -0.2) is 32.4 Å². The molecular formula is C22H30NO4P. The van der Waals surface area contributed by atoms with E-state index in [1.165, 1.54) is 6.42 Å². The van der Waals surface area contributed by atoms with Crippen LogP contribution in [0.1, 0.15) is 43.5 Å². The van der Waals surface area contributed by atoms with Gasteiger partial charge in [0.1, 0.15) is 5.75 Å². The Hall–Kier alpha value is -1.81. The van der Waals surface area contributed by atoms with Gasteiger partial charge in [-0.15, -0.1) is 0 Å². The van der Waals surface area contributed by atoms with E-state index in [2.05, 4.69) is 0 Å². The Labute approximate surface area is 167 Å². The van der Waals surface area contributed by atoms with E-state index in [4.69, 9.17) is 9.26 Å². The molecule has 1 fully saturated rings. The summed E-state index contributed by atoms with van der Waals surface area (Å²) < 4.78 is 25.5. The van der Waals surface area contributed by atoms with Crippen molar-refractivity contribution in [2.24, 2.45) is 0 Å². The standard InChI is InChI=1S/C22H30NO4P/c1-23(2)18-11-15-21(16-12-18)28(25,27-20-7-5-4-6-8-20)22(24)17-9-13-19(26-3)14-10-17/h9-16,20,22,24H,4-8H2,1-3H3/t22-,28-/m1/s1. The molecule has 1 aliphatic rings. The van der Waals surface area contributed by atoms with E-state index in [1.807, 2.05) is 43.3 Å². The van der Waals surface area contributed by atoms with Crippen LogP contribution >= 0.6 is 7.37 Å². The number of hydrogen-bond donors (Lipinski definition) is 1. The van der Waals surface area contributed by atoms with Crippen LogP contribution in [0.2, 0.25) is 0 Å². The van der Waals surface area contributed by atoms with Crippen LogP contribution in [0.3, 0.4) is 0 Å². The molecule has 28 heavy (non-hydrogen) atoms. The lowest BCUT2D eigenvalue weighted by Gasteiger charge is -2.31. The summed E-state index contributed by atoms with van der Waals surface area (Å²) in [5.41, 5.74) is 1.57. The van der Waals surface area contributed by atoms with E-state index in [0.29, 0.717) is 16.6 Å². The molecule has 6 heteroatoms. The molecule has 1 N–H and O–H groups in total. The number of hydrogen-bond acceptors (Lipinski definition) is 5. The van der Waals surface area contributed by atoms with Crippen LogP contribution in [0, 0.1) is 0 Å². The highest BCUT2D eigenvalue weighted by atomic mass is 31.2. The molecule has 0 saturated heterocycles. The van der Waals surface area contributed by atoms with Gasteiger partial charge in [-0.05, 0) is 54.8 Å². The van der Waals surface area contributed by atoms with Crippen molar-refractivity contribution in [1.82, 2.24) is 0 Å². The van der Waals surface area contributed by atoms with Crippen LogP contribution in [0.25, 0.3) is 0 Å². The fourth-order valence-electron chi connectivity index (χ4n) is 3.58. The smallest absolute Gasteiger partial charge is 0.264 e. The van der Waals surface area contributed by atoms with E-state index < -0.39 is 13.2 Å². The van der Waals surface area contributed by atoms with E-state index in [9.17, 15) is 9.67 Å². The van der Waals surface area contributed by atoms with Crippen molar-refractivity contribution >= 4 is 18.4 Å². The third kappa shape index (κ3) is 4.60. The predicted molar refractivity (Wildman–Crippen MR) is 114 cm³/mol. The number of aliphatic hydroxyl groups is 1. The molecule has 0 bridgehead atoms. The quantitative estimate of drug-likeness (QED) is 0.679. The van der Waals surface area contributed by atoms with E-state index in [1.54, 1.807) is 31.4 Å². The van der Waals surface area contributed by atoms with E-state index >= 15 is 0 Å². The van der Waals surface area contributed by atoms with Gasteiger partial charge in [-0.1, -0.05) is 31.4 Å². The molecule has 0 heterocycles. The molecule has 0 unspecified atom stereocenters. The molecule has 0 spiro atoms. The molecule has 152 valence electrons. The first-order chi connectivity index (χ1) is 13.4. The molecule has 2 atom stereocenters. The third-order valence-electron chi connectivity index (χ3n) is 5.32. The summed E-state index contributed by atoms with van der Waals surface area (Å²) in [5.74, 6) is -0.528. The van der Waals surface area contributed by atoms with Crippen LogP contribution in [0.4, 0.5) is 5.69 Å². The van der Waals surface area contributed by atoms with E-state index in [0.717, 1.165) is 31.4 Å². The van der Waals surface area contributed by atoms with Gasteiger partial charge in [0, 0.05) is 25.1 Å². The maximum atomic E-state index is 14.1. The predicted octanol–water partition coefficient (Wildman–Crippen LogP) is 4.71. The second-order valence-corrected chi connectivity index (χ2v) is 9.93. The van der Waals surface area contributed by atoms with Crippen LogP contribution in [0.5, 0.6) is 5.75 Å². The first-order valence-electron chi connectivity index (χ1n) is 9.82. The monoisotopic (exact) mass is 403 g/mol. The summed E-state index contributed by atoms with van der Waals surface area (Å²) in [6.07, 6.45) is 5.01. The molecule has 0 radical (unpaired) electrons. The number of rotatable bonds is 7. The topological polar surface area (TPSA) is 59.0 Å². The van der Waals surface area contributed by atoms with Gasteiger partial charge in [0.05, 0.1) is 13.2 Å². The number of methoxy groups -OCH3 is 1. The summed E-state index contributed by atoms with van der Waals surface area (Å²) >= 11 is 0. The molecule has 2 aromatic rings. The average Bonchev–Trinajstić information content (AvgIpc) is 2.74. The highest BCUT2D eigenvalue weighted by Crippen LogP contribution is 2.59. The summed E-state index contributed by atoms with van der Waals surface area (Å²) in [6, 6.07) is 14.5. The van der Waals surface area contributed by atoms with Gasteiger partial charge in [-0.25, -0.2) is 0 Å². The van der Waals surface area contributed by atoms with Gasteiger partial charge >= 0.3 is 0 Å². The first kappa shape index (κ1) is 20.9. The maximum Gasteiger partial charge on any atom is 0.264 e. The normalized spacial score (nSPS) is 18.3. The fraction of sp³-hybridized carbons (Fsp3) is 0.455. The molecule has 5 nitrogen and oxygen atoms in total. The summed E-state index contributed by atoms with van der Waals surface area (Å²) in [4.78, 5) is 1.98. The molecule has 1 saturated carbocycles. The zero-order valence-electron chi connectivity index (χ0n) is 16.9. The molecule has 2 aromatic carbocycles. The Kier molecular flexibility index (Phi) is 6.82. The second kappa shape index (κ2) is 9.13. The Morgan fingerprint density at radius 1 is 1.00 bits per heavy atom. The Morgan fingerprint density at radius 3 is 2.14 bits per heavy atom. The van der Waals surface area contributed by atoms with Crippen molar-refractivity contribution in [3.05, 3.63) is 54.1 Å². The zero-order valence-corrected chi connectivity index (χ0v) is 17.8. The highest BCUT2D eigenvalue weighted by Gasteiger charge is 2.39. The number of benzene rings is 2. The van der Waals surface area contributed by atoms with Crippen molar-refractivity contribution in [1.29, 1.82) is 0 Å². The molecule has 0 aromatic heterocycles. The molecule has 1 aliphatic carbocycles. The number of aliphatic hydroxyl groups excluding tert-OH is 1. The zero-order chi connectivity index (χ0) is 20.1. The Morgan fingerprint density at radius 2 is 1.61 bits per heavy atom. The number of nitrogens with zero attached hydrogens (tertiary/aromatic N) is 1. The lowest BCUT2D eigenvalue weighted by Crippen LogP contribution is -2.22. The number of anilines is 1. The van der Waals surface area contributed by atoms with Gasteiger partial charge in [0.15, 0.2) is 5.85 Å². The van der Waals surface area contributed by atoms with Crippen molar-refractivity contribution in [2.45, 2.75) is 44.1 Å². The van der Waals surface area contributed by atoms with Crippen molar-refractivity contribution < 1.29 is 18.9 Å².